The minimum atomic E-state index is -0.0761. The summed E-state index contributed by atoms with van der Waals surface area (Å²) in [5.41, 5.74) is 0. The Labute approximate surface area is 113 Å². The largest absolute Gasteiger partial charge is 0.466 e. The number of anilines is 1. The van der Waals surface area contributed by atoms with Crippen molar-refractivity contribution < 1.29 is 9.21 Å². The van der Waals surface area contributed by atoms with E-state index in [1.54, 1.807) is 0 Å². The van der Waals surface area contributed by atoms with Gasteiger partial charge in [0, 0.05) is 24.4 Å². The van der Waals surface area contributed by atoms with Gasteiger partial charge >= 0.3 is 0 Å². The highest BCUT2D eigenvalue weighted by Gasteiger charge is 2.08. The molecule has 2 aromatic rings. The summed E-state index contributed by atoms with van der Waals surface area (Å²) in [6.45, 7) is 1.88. The van der Waals surface area contributed by atoms with Crippen molar-refractivity contribution in [3.05, 3.63) is 23.7 Å². The third kappa shape index (κ3) is 3.58. The van der Waals surface area contributed by atoms with Crippen LogP contribution in [0.2, 0.25) is 0 Å². The molecule has 0 unspecified atom stereocenters. The number of carbonyl (C=O) groups is 1. The highest BCUT2D eigenvalue weighted by Crippen LogP contribution is 2.18. The van der Waals surface area contributed by atoms with E-state index in [1.807, 2.05) is 25.3 Å². The third-order valence-corrected chi connectivity index (χ3v) is 3.52. The number of aryl methyl sites for hydroxylation is 2. The summed E-state index contributed by atoms with van der Waals surface area (Å²) in [6, 6.07) is 3.78. The van der Waals surface area contributed by atoms with Gasteiger partial charge in [-0.15, -0.1) is 0 Å². The van der Waals surface area contributed by atoms with Crippen LogP contribution >= 0.6 is 23.3 Å². The summed E-state index contributed by atoms with van der Waals surface area (Å²) in [5.74, 6) is 1.61. The van der Waals surface area contributed by atoms with E-state index in [0.717, 1.165) is 11.5 Å². The molecular formula is C11H13N3O2S2. The van der Waals surface area contributed by atoms with Gasteiger partial charge in [0.25, 0.3) is 0 Å². The zero-order valence-electron chi connectivity index (χ0n) is 10.1. The van der Waals surface area contributed by atoms with E-state index in [4.69, 9.17) is 4.42 Å². The number of amides is 1. The van der Waals surface area contributed by atoms with E-state index in [-0.39, 0.29) is 5.91 Å². The van der Waals surface area contributed by atoms with Gasteiger partial charge in [-0.2, -0.15) is 9.36 Å². The standard InChI is InChI=1S/C11H13N3O2S2/c1-7-3-4-8(16-7)5-6-9(15)12-10-13-11(17-2)14-18-10/h3-4H,5-6H2,1-2H3,(H,12,13,14,15). The van der Waals surface area contributed by atoms with E-state index in [9.17, 15) is 4.79 Å². The summed E-state index contributed by atoms with van der Waals surface area (Å²) in [4.78, 5) is 15.8. The quantitative estimate of drug-likeness (QED) is 0.855. The van der Waals surface area contributed by atoms with E-state index < -0.39 is 0 Å². The second-order valence-corrected chi connectivity index (χ2v) is 5.17. The van der Waals surface area contributed by atoms with E-state index >= 15 is 0 Å². The molecule has 0 saturated heterocycles. The molecule has 5 nitrogen and oxygen atoms in total. The van der Waals surface area contributed by atoms with Crippen LogP contribution in [0, 0.1) is 6.92 Å². The average molecular weight is 283 g/mol. The van der Waals surface area contributed by atoms with Crippen molar-refractivity contribution in [3.63, 3.8) is 0 Å². The summed E-state index contributed by atoms with van der Waals surface area (Å²) < 4.78 is 9.47. The molecule has 0 atom stereocenters. The van der Waals surface area contributed by atoms with Crippen LogP contribution in [0.1, 0.15) is 17.9 Å². The second-order valence-electron chi connectivity index (χ2n) is 3.65. The van der Waals surface area contributed by atoms with Gasteiger partial charge < -0.3 is 9.73 Å². The Morgan fingerprint density at radius 2 is 2.39 bits per heavy atom. The summed E-state index contributed by atoms with van der Waals surface area (Å²) >= 11 is 2.64. The highest BCUT2D eigenvalue weighted by molar-refractivity contribution is 7.98. The number of thioether (sulfide) groups is 1. The third-order valence-electron chi connectivity index (χ3n) is 2.23. The maximum absolute atomic E-state index is 11.7. The monoisotopic (exact) mass is 283 g/mol. The first-order chi connectivity index (χ1) is 8.67. The normalized spacial score (nSPS) is 10.6. The fourth-order valence-corrected chi connectivity index (χ4v) is 2.52. The van der Waals surface area contributed by atoms with Crippen LogP contribution < -0.4 is 5.32 Å². The van der Waals surface area contributed by atoms with Gasteiger partial charge in [-0.05, 0) is 25.3 Å². The van der Waals surface area contributed by atoms with Crippen molar-refractivity contribution in [1.29, 1.82) is 0 Å². The first-order valence-corrected chi connectivity index (χ1v) is 7.40. The molecule has 96 valence electrons. The minimum Gasteiger partial charge on any atom is -0.466 e. The van der Waals surface area contributed by atoms with Crippen molar-refractivity contribution in [1.82, 2.24) is 9.36 Å². The number of rotatable bonds is 5. The fourth-order valence-electron chi connectivity index (χ4n) is 1.38. The van der Waals surface area contributed by atoms with Crippen LogP contribution in [0.3, 0.4) is 0 Å². The van der Waals surface area contributed by atoms with Crippen molar-refractivity contribution >= 4 is 34.3 Å². The van der Waals surface area contributed by atoms with Gasteiger partial charge in [0.1, 0.15) is 11.5 Å². The molecule has 1 amide bonds. The van der Waals surface area contributed by atoms with Crippen molar-refractivity contribution in [2.24, 2.45) is 0 Å². The molecular weight excluding hydrogens is 270 g/mol. The molecule has 2 heterocycles. The molecule has 2 rings (SSSR count). The number of carbonyl (C=O) groups excluding carboxylic acids is 1. The van der Waals surface area contributed by atoms with Crippen molar-refractivity contribution in [3.8, 4) is 0 Å². The van der Waals surface area contributed by atoms with Crippen LogP contribution in [0.25, 0.3) is 0 Å². The molecule has 2 aromatic heterocycles. The number of nitrogens with one attached hydrogen (secondary N) is 1. The first-order valence-electron chi connectivity index (χ1n) is 5.40. The number of hydrogen-bond donors (Lipinski definition) is 1. The Hall–Kier alpha value is -1.34. The number of furan rings is 1. The maximum atomic E-state index is 11.7. The highest BCUT2D eigenvalue weighted by atomic mass is 32.2. The summed E-state index contributed by atoms with van der Waals surface area (Å²) in [6.07, 6.45) is 2.86. The number of aromatic nitrogens is 2. The smallest absolute Gasteiger partial charge is 0.226 e. The SMILES string of the molecule is CSc1nsc(NC(=O)CCc2ccc(C)o2)n1. The van der Waals surface area contributed by atoms with E-state index in [1.165, 1.54) is 23.3 Å². The maximum Gasteiger partial charge on any atom is 0.226 e. The molecule has 7 heteroatoms. The van der Waals surface area contributed by atoms with Crippen LogP contribution in [-0.4, -0.2) is 21.5 Å². The van der Waals surface area contributed by atoms with Gasteiger partial charge in [-0.1, -0.05) is 11.8 Å². The molecule has 0 saturated carbocycles. The molecule has 18 heavy (non-hydrogen) atoms. The van der Waals surface area contributed by atoms with Crippen LogP contribution in [0.15, 0.2) is 21.7 Å². The Morgan fingerprint density at radius 3 is 3.00 bits per heavy atom. The van der Waals surface area contributed by atoms with E-state index in [0.29, 0.717) is 23.1 Å². The topological polar surface area (TPSA) is 68.0 Å². The van der Waals surface area contributed by atoms with Gasteiger partial charge in [0.15, 0.2) is 0 Å². The van der Waals surface area contributed by atoms with Gasteiger partial charge in [-0.25, -0.2) is 0 Å². The number of hydrogen-bond acceptors (Lipinski definition) is 6. The zero-order valence-corrected chi connectivity index (χ0v) is 11.7. The second kappa shape index (κ2) is 6.01. The predicted molar refractivity (Wildman–Crippen MR) is 72.1 cm³/mol. The Morgan fingerprint density at radius 1 is 1.56 bits per heavy atom. The van der Waals surface area contributed by atoms with E-state index in [2.05, 4.69) is 14.7 Å². The molecule has 0 aromatic carbocycles. The molecule has 0 fully saturated rings. The Kier molecular flexibility index (Phi) is 4.38. The van der Waals surface area contributed by atoms with Crippen LogP contribution in [0.4, 0.5) is 5.13 Å². The lowest BCUT2D eigenvalue weighted by Gasteiger charge is -1.99. The number of nitrogens with zero attached hydrogens (tertiary/aromatic N) is 2. The van der Waals surface area contributed by atoms with Crippen LogP contribution in [-0.2, 0) is 11.2 Å². The lowest BCUT2D eigenvalue weighted by molar-refractivity contribution is -0.116. The molecule has 1 N–H and O–H groups in total. The van der Waals surface area contributed by atoms with Gasteiger partial charge in [0.2, 0.25) is 16.2 Å². The lowest BCUT2D eigenvalue weighted by atomic mass is 10.2. The molecule has 0 spiro atoms. The van der Waals surface area contributed by atoms with Crippen molar-refractivity contribution in [2.75, 3.05) is 11.6 Å². The van der Waals surface area contributed by atoms with Gasteiger partial charge in [-0.3, -0.25) is 4.79 Å². The predicted octanol–water partition coefficient (Wildman–Crippen LogP) is 2.73. The molecule has 0 aliphatic rings. The average Bonchev–Trinajstić information content (AvgIpc) is 2.95. The Balaban J connectivity index is 1.81. The molecule has 0 aliphatic carbocycles. The first kappa shape index (κ1) is 13.1. The zero-order chi connectivity index (χ0) is 13.0. The Bertz CT molecular complexity index is 536. The summed E-state index contributed by atoms with van der Waals surface area (Å²) in [7, 11) is 0. The van der Waals surface area contributed by atoms with Gasteiger partial charge in [0.05, 0.1) is 0 Å². The minimum absolute atomic E-state index is 0.0761. The van der Waals surface area contributed by atoms with Crippen LogP contribution in [0.5, 0.6) is 0 Å². The van der Waals surface area contributed by atoms with Crippen molar-refractivity contribution in [2.45, 2.75) is 24.9 Å². The molecule has 0 bridgehead atoms. The lowest BCUT2D eigenvalue weighted by Crippen LogP contribution is -2.11. The molecule has 0 radical (unpaired) electrons. The molecule has 0 aliphatic heterocycles. The summed E-state index contributed by atoms with van der Waals surface area (Å²) in [5, 5.41) is 3.94. The fraction of sp³-hybridized carbons (Fsp3) is 0.364.